The van der Waals surface area contributed by atoms with E-state index in [9.17, 15) is 18.8 Å². The number of hydrogen-bond donors (Lipinski definition) is 2. The number of anilines is 1. The van der Waals surface area contributed by atoms with Gasteiger partial charge in [0.1, 0.15) is 5.82 Å². The Morgan fingerprint density at radius 3 is 2.62 bits per heavy atom. The van der Waals surface area contributed by atoms with E-state index in [4.69, 9.17) is 0 Å². The topological polar surface area (TPSA) is 81.8 Å². The predicted octanol–water partition coefficient (Wildman–Crippen LogP) is 2.03. The number of carbonyl (C=O) groups is 3. The minimum absolute atomic E-state index is 0.0232. The molecule has 0 spiro atoms. The zero-order chi connectivity index (χ0) is 20.8. The smallest absolute Gasteiger partial charge is 0.321 e. The number of piperazine rings is 1. The van der Waals surface area contributed by atoms with Crippen LogP contribution in [0.5, 0.6) is 0 Å². The van der Waals surface area contributed by atoms with Crippen LogP contribution in [0.15, 0.2) is 42.5 Å². The second kappa shape index (κ2) is 9.29. The van der Waals surface area contributed by atoms with Crippen LogP contribution in [0.2, 0.25) is 0 Å². The second-order valence-electron chi connectivity index (χ2n) is 6.67. The van der Waals surface area contributed by atoms with Gasteiger partial charge < -0.3 is 15.5 Å². The molecule has 1 fully saturated rings. The highest BCUT2D eigenvalue weighted by Gasteiger charge is 2.23. The van der Waals surface area contributed by atoms with Gasteiger partial charge in [0.05, 0.1) is 17.8 Å². The van der Waals surface area contributed by atoms with Crippen LogP contribution in [0, 0.1) is 5.82 Å². The second-order valence-corrected chi connectivity index (χ2v) is 6.67. The number of carbonyl (C=O) groups excluding carboxylic acids is 3. The molecule has 0 aliphatic carbocycles. The fourth-order valence-electron chi connectivity index (χ4n) is 3.29. The first-order valence-corrected chi connectivity index (χ1v) is 9.37. The van der Waals surface area contributed by atoms with Crippen molar-refractivity contribution in [3.8, 4) is 0 Å². The average Bonchev–Trinajstić information content (AvgIpc) is 2.78. The highest BCUT2D eigenvalue weighted by molar-refractivity contribution is 5.98. The number of urea groups is 1. The number of aldehydes is 1. The predicted molar refractivity (Wildman–Crippen MR) is 108 cm³/mol. The molecule has 0 saturated carbocycles. The van der Waals surface area contributed by atoms with Crippen LogP contribution < -0.4 is 15.5 Å². The van der Waals surface area contributed by atoms with Crippen LogP contribution in [0.4, 0.5) is 14.9 Å². The van der Waals surface area contributed by atoms with E-state index >= 15 is 0 Å². The summed E-state index contributed by atoms with van der Waals surface area (Å²) in [5.74, 6) is -0.970. The molecule has 1 heterocycles. The van der Waals surface area contributed by atoms with Crippen molar-refractivity contribution >= 4 is 23.9 Å². The first kappa shape index (κ1) is 20.5. The maximum Gasteiger partial charge on any atom is 0.321 e. The van der Waals surface area contributed by atoms with Crippen molar-refractivity contribution in [3.05, 3.63) is 65.0 Å². The van der Waals surface area contributed by atoms with Gasteiger partial charge >= 0.3 is 6.03 Å². The number of nitrogens with one attached hydrogen (secondary N) is 2. The molecule has 0 atom stereocenters. The van der Waals surface area contributed by atoms with Crippen molar-refractivity contribution < 1.29 is 18.8 Å². The summed E-state index contributed by atoms with van der Waals surface area (Å²) >= 11 is 0. The highest BCUT2D eigenvalue weighted by Crippen LogP contribution is 2.23. The summed E-state index contributed by atoms with van der Waals surface area (Å²) in [5.41, 5.74) is 1.34. The third-order valence-corrected chi connectivity index (χ3v) is 4.82. The molecule has 2 aromatic carbocycles. The first-order valence-electron chi connectivity index (χ1n) is 9.37. The molecule has 3 rings (SSSR count). The van der Waals surface area contributed by atoms with E-state index in [1.54, 1.807) is 29.2 Å². The van der Waals surface area contributed by atoms with Crippen LogP contribution in [0.25, 0.3) is 0 Å². The molecule has 2 N–H and O–H groups in total. The van der Waals surface area contributed by atoms with Crippen LogP contribution in [-0.4, -0.2) is 56.4 Å². The number of halogens is 1. The van der Waals surface area contributed by atoms with Gasteiger partial charge in [0.2, 0.25) is 0 Å². The molecule has 1 saturated heterocycles. The minimum atomic E-state index is -0.600. The van der Waals surface area contributed by atoms with E-state index in [0.29, 0.717) is 49.3 Å². The van der Waals surface area contributed by atoms with Gasteiger partial charge in [0.25, 0.3) is 5.91 Å². The molecule has 152 valence electrons. The minimum Gasteiger partial charge on any atom is -0.341 e. The van der Waals surface area contributed by atoms with Gasteiger partial charge in [-0.3, -0.25) is 14.5 Å². The van der Waals surface area contributed by atoms with E-state index in [1.807, 2.05) is 0 Å². The molecule has 0 aromatic heterocycles. The lowest BCUT2D eigenvalue weighted by Crippen LogP contribution is -2.46. The van der Waals surface area contributed by atoms with Gasteiger partial charge in [0, 0.05) is 38.8 Å². The Bertz CT molecular complexity index is 913. The molecular formula is C21H23FN4O3. The summed E-state index contributed by atoms with van der Waals surface area (Å²) in [7, 11) is 1.49. The third kappa shape index (κ3) is 4.60. The van der Waals surface area contributed by atoms with Crippen molar-refractivity contribution in [2.45, 2.75) is 6.54 Å². The quantitative estimate of drug-likeness (QED) is 0.755. The third-order valence-electron chi connectivity index (χ3n) is 4.82. The molecule has 0 unspecified atom stereocenters. The molecule has 0 bridgehead atoms. The number of rotatable bonds is 5. The summed E-state index contributed by atoms with van der Waals surface area (Å²) < 4.78 is 14.4. The number of amides is 3. The van der Waals surface area contributed by atoms with Crippen molar-refractivity contribution in [3.63, 3.8) is 0 Å². The fraction of sp³-hybridized carbons (Fsp3) is 0.286. The highest BCUT2D eigenvalue weighted by atomic mass is 19.1. The molecule has 1 aliphatic rings. The van der Waals surface area contributed by atoms with Crippen molar-refractivity contribution in [2.75, 3.05) is 38.1 Å². The van der Waals surface area contributed by atoms with Crippen LogP contribution >= 0.6 is 0 Å². The lowest BCUT2D eigenvalue weighted by molar-refractivity contribution is 0.0731. The van der Waals surface area contributed by atoms with Crippen molar-refractivity contribution in [2.24, 2.45) is 0 Å². The van der Waals surface area contributed by atoms with Crippen molar-refractivity contribution in [1.82, 2.24) is 15.5 Å². The van der Waals surface area contributed by atoms with Crippen LogP contribution in [0.1, 0.15) is 26.3 Å². The molecule has 2 aromatic rings. The average molecular weight is 398 g/mol. The standard InChI is InChI=1S/C21H23FN4O3/c1-23-21(29)26(19-5-3-2-4-16(19)14-27)13-15-6-7-18(22)17(12-15)20(28)25-10-8-24-9-11-25/h2-7,12,14,24H,8-11,13H2,1H3,(H,23,29). The van der Waals surface area contributed by atoms with Gasteiger partial charge in [-0.2, -0.15) is 0 Å². The maximum absolute atomic E-state index is 14.4. The van der Waals surface area contributed by atoms with Crippen LogP contribution in [0.3, 0.4) is 0 Å². The van der Waals surface area contributed by atoms with Gasteiger partial charge in [0.15, 0.2) is 6.29 Å². The molecule has 1 aliphatic heterocycles. The first-order chi connectivity index (χ1) is 14.0. The Kier molecular flexibility index (Phi) is 6.56. The van der Waals surface area contributed by atoms with E-state index in [-0.39, 0.29) is 18.0 Å². The van der Waals surface area contributed by atoms with E-state index in [0.717, 1.165) is 0 Å². The summed E-state index contributed by atoms with van der Waals surface area (Å²) in [6, 6.07) is 10.5. The summed E-state index contributed by atoms with van der Waals surface area (Å²) in [6.45, 7) is 2.44. The zero-order valence-electron chi connectivity index (χ0n) is 16.2. The lowest BCUT2D eigenvalue weighted by Gasteiger charge is -2.28. The van der Waals surface area contributed by atoms with Crippen LogP contribution in [-0.2, 0) is 6.54 Å². The molecule has 3 amide bonds. The van der Waals surface area contributed by atoms with Gasteiger partial charge in [-0.25, -0.2) is 9.18 Å². The van der Waals surface area contributed by atoms with E-state index < -0.39 is 11.8 Å². The van der Waals surface area contributed by atoms with Crippen molar-refractivity contribution in [1.29, 1.82) is 0 Å². The summed E-state index contributed by atoms with van der Waals surface area (Å²) in [6.07, 6.45) is 0.676. The fourth-order valence-corrected chi connectivity index (χ4v) is 3.29. The van der Waals surface area contributed by atoms with Gasteiger partial charge in [-0.1, -0.05) is 18.2 Å². The number of benzene rings is 2. The monoisotopic (exact) mass is 398 g/mol. The molecule has 8 heteroatoms. The van der Waals surface area contributed by atoms with E-state index in [2.05, 4.69) is 10.6 Å². The number of para-hydroxylation sites is 1. The Morgan fingerprint density at radius 1 is 1.21 bits per heavy atom. The molecule has 7 nitrogen and oxygen atoms in total. The maximum atomic E-state index is 14.4. The largest absolute Gasteiger partial charge is 0.341 e. The van der Waals surface area contributed by atoms with Gasteiger partial charge in [-0.15, -0.1) is 0 Å². The van der Waals surface area contributed by atoms with E-state index in [1.165, 1.54) is 30.1 Å². The number of nitrogens with zero attached hydrogens (tertiary/aromatic N) is 2. The summed E-state index contributed by atoms with van der Waals surface area (Å²) in [5, 5.41) is 5.70. The zero-order valence-corrected chi connectivity index (χ0v) is 16.2. The molecular weight excluding hydrogens is 375 g/mol. The van der Waals surface area contributed by atoms with Gasteiger partial charge in [-0.05, 0) is 29.8 Å². The number of hydrogen-bond acceptors (Lipinski definition) is 4. The summed E-state index contributed by atoms with van der Waals surface area (Å²) in [4.78, 5) is 39.6. The normalized spacial score (nSPS) is 13.7. The molecule has 29 heavy (non-hydrogen) atoms. The molecule has 0 radical (unpaired) electrons. The SMILES string of the molecule is CNC(=O)N(Cc1ccc(F)c(C(=O)N2CCNCC2)c1)c1ccccc1C=O. The Morgan fingerprint density at radius 2 is 1.93 bits per heavy atom. The lowest BCUT2D eigenvalue weighted by atomic mass is 10.1. The Labute approximate surface area is 168 Å². The Balaban J connectivity index is 1.91. The Hall–Kier alpha value is -3.26.